The van der Waals surface area contributed by atoms with Gasteiger partial charge in [-0.05, 0) is 16.7 Å². The van der Waals surface area contributed by atoms with Gasteiger partial charge in [-0.25, -0.2) is 9.36 Å². The van der Waals surface area contributed by atoms with Crippen LogP contribution in [0.5, 0.6) is 0 Å². The molecule has 0 saturated carbocycles. The smallest absolute Gasteiger partial charge is 0.386 e. The molecule has 40 heavy (non-hydrogen) atoms. The monoisotopic (exact) mass is 566 g/mol. The third-order valence-corrected chi connectivity index (χ3v) is 7.22. The maximum Gasteiger partial charge on any atom is 0.470 e. The molecule has 2 heterocycles. The van der Waals surface area contributed by atoms with E-state index in [0.717, 1.165) is 33.5 Å². The van der Waals surface area contributed by atoms with Crippen LogP contribution >= 0.6 is 7.82 Å². The molecule has 5 rings (SSSR count). The second-order valence-electron chi connectivity index (χ2n) is 9.22. The zero-order valence-corrected chi connectivity index (χ0v) is 21.9. The Kier molecular flexibility index (Phi) is 7.97. The molecule has 0 radical (unpaired) electrons. The topological polar surface area (TPSA) is 160 Å². The fourth-order valence-corrected chi connectivity index (χ4v) is 5.55. The van der Waals surface area contributed by atoms with Crippen molar-refractivity contribution in [1.82, 2.24) is 9.55 Å². The van der Waals surface area contributed by atoms with Crippen LogP contribution in [0.1, 0.15) is 22.9 Å². The number of aliphatic hydroxyl groups is 1. The molecule has 4 aromatic rings. The number of phosphoric ester groups is 1. The molecule has 0 amide bonds. The first-order valence-electron chi connectivity index (χ1n) is 12.4. The van der Waals surface area contributed by atoms with Gasteiger partial charge in [-0.3, -0.25) is 18.9 Å². The van der Waals surface area contributed by atoms with E-state index in [1.54, 1.807) is 0 Å². The lowest BCUT2D eigenvalue weighted by Crippen LogP contribution is -2.41. The molecule has 1 aliphatic rings. The lowest BCUT2D eigenvalue weighted by molar-refractivity contribution is -0.0952. The maximum absolute atomic E-state index is 12.4. The van der Waals surface area contributed by atoms with Gasteiger partial charge in [0.05, 0.1) is 6.61 Å². The Morgan fingerprint density at radius 2 is 1.35 bits per heavy atom. The summed E-state index contributed by atoms with van der Waals surface area (Å²) >= 11 is 0. The van der Waals surface area contributed by atoms with Crippen molar-refractivity contribution in [3.05, 3.63) is 141 Å². The van der Waals surface area contributed by atoms with E-state index >= 15 is 0 Å². The van der Waals surface area contributed by atoms with Gasteiger partial charge in [0.15, 0.2) is 6.23 Å². The molecule has 12 heteroatoms. The van der Waals surface area contributed by atoms with Crippen molar-refractivity contribution in [3.63, 3.8) is 0 Å². The number of ether oxygens (including phenoxy) is 2. The molecule has 0 unspecified atom stereocenters. The van der Waals surface area contributed by atoms with E-state index in [4.69, 9.17) is 14.0 Å². The van der Waals surface area contributed by atoms with E-state index in [-0.39, 0.29) is 6.61 Å². The van der Waals surface area contributed by atoms with E-state index in [2.05, 4.69) is 4.98 Å². The Bertz CT molecular complexity index is 1490. The quantitative estimate of drug-likeness (QED) is 0.176. The summed E-state index contributed by atoms with van der Waals surface area (Å²) in [5.41, 5.74) is -0.418. The third kappa shape index (κ3) is 5.63. The maximum atomic E-state index is 12.4. The van der Waals surface area contributed by atoms with E-state index < -0.39 is 49.2 Å². The second-order valence-corrected chi connectivity index (χ2v) is 10.4. The van der Waals surface area contributed by atoms with Crippen LogP contribution < -0.4 is 11.2 Å². The molecule has 208 valence electrons. The number of hydrogen-bond donors (Lipinski definition) is 4. The summed E-state index contributed by atoms with van der Waals surface area (Å²) < 4.78 is 30.3. The molecule has 11 nitrogen and oxygen atoms in total. The van der Waals surface area contributed by atoms with Crippen LogP contribution in [0.3, 0.4) is 0 Å². The van der Waals surface area contributed by atoms with Crippen molar-refractivity contribution in [1.29, 1.82) is 0 Å². The van der Waals surface area contributed by atoms with Gasteiger partial charge in [0, 0.05) is 12.3 Å². The number of aliphatic hydroxyl groups excluding tert-OH is 1. The number of nitrogens with zero attached hydrogens (tertiary/aromatic N) is 1. The standard InChI is InChI=1S/C28H27N2O9P/c31-23-16-17-30(27(33)29-23)26-24(32)25(39-40(34,35)36)22(38-26)18-37-28(19-10-4-1-5-11-19,20-12-6-2-7-13-20)21-14-8-3-9-15-21/h1-17,22,24-26,32H,18H2,(H,29,31,33)(H2,34,35,36)/t22-,24-,25-,26-/m1/s1. The van der Waals surface area contributed by atoms with Crippen molar-refractivity contribution in [2.24, 2.45) is 0 Å². The highest BCUT2D eigenvalue weighted by Crippen LogP contribution is 2.45. The summed E-state index contributed by atoms with van der Waals surface area (Å²) in [7, 11) is -5.11. The number of hydrogen-bond acceptors (Lipinski definition) is 7. The highest BCUT2D eigenvalue weighted by atomic mass is 31.2. The summed E-state index contributed by atoms with van der Waals surface area (Å²) in [6.45, 7) is -0.311. The van der Waals surface area contributed by atoms with Gasteiger partial charge in [0.2, 0.25) is 0 Å². The highest BCUT2D eigenvalue weighted by Gasteiger charge is 2.50. The first-order chi connectivity index (χ1) is 19.2. The van der Waals surface area contributed by atoms with Crippen LogP contribution in [0.25, 0.3) is 0 Å². The Labute approximate surface area is 228 Å². The first kappa shape index (κ1) is 27.9. The largest absolute Gasteiger partial charge is 0.470 e. The minimum absolute atomic E-state index is 0.311. The number of phosphoric acid groups is 1. The Balaban J connectivity index is 1.57. The molecule has 1 fully saturated rings. The molecule has 0 bridgehead atoms. The minimum atomic E-state index is -5.11. The van der Waals surface area contributed by atoms with E-state index in [1.807, 2.05) is 91.0 Å². The second kappa shape index (κ2) is 11.4. The molecule has 3 aromatic carbocycles. The molecule has 1 aliphatic heterocycles. The average molecular weight is 567 g/mol. The lowest BCUT2D eigenvalue weighted by atomic mass is 9.80. The molecule has 0 spiro atoms. The van der Waals surface area contributed by atoms with Crippen LogP contribution in [0.2, 0.25) is 0 Å². The fourth-order valence-electron chi connectivity index (χ4n) is 4.98. The number of aromatic amines is 1. The molecule has 1 aromatic heterocycles. The van der Waals surface area contributed by atoms with Crippen LogP contribution in [0.4, 0.5) is 0 Å². The van der Waals surface area contributed by atoms with Crippen molar-refractivity contribution in [2.75, 3.05) is 6.61 Å². The SMILES string of the molecule is O=c1ccn([C@@H]2O[C@H](COC(c3ccccc3)(c3ccccc3)c3ccccc3)[C@@H](OP(=O)(O)O)[C@H]2O)c(=O)[nH]1. The minimum Gasteiger partial charge on any atom is -0.386 e. The number of benzene rings is 3. The predicted octanol–water partition coefficient (Wildman–Crippen LogP) is 2.28. The van der Waals surface area contributed by atoms with Crippen molar-refractivity contribution in [2.45, 2.75) is 30.1 Å². The number of H-pyrrole nitrogens is 1. The van der Waals surface area contributed by atoms with Gasteiger partial charge in [0.1, 0.15) is 23.9 Å². The fraction of sp³-hybridized carbons (Fsp3) is 0.214. The zero-order valence-electron chi connectivity index (χ0n) is 21.0. The lowest BCUT2D eigenvalue weighted by Gasteiger charge is -2.37. The number of nitrogens with one attached hydrogen (secondary N) is 1. The zero-order chi connectivity index (χ0) is 28.3. The number of aromatic nitrogens is 2. The van der Waals surface area contributed by atoms with Gasteiger partial charge < -0.3 is 24.4 Å². The molecule has 0 aliphatic carbocycles. The molecular weight excluding hydrogens is 539 g/mol. The van der Waals surface area contributed by atoms with Crippen LogP contribution in [-0.4, -0.2) is 49.4 Å². The highest BCUT2D eigenvalue weighted by molar-refractivity contribution is 7.46. The predicted molar refractivity (Wildman–Crippen MR) is 143 cm³/mol. The summed E-state index contributed by atoms with van der Waals surface area (Å²) in [6, 6.07) is 29.3. The van der Waals surface area contributed by atoms with Gasteiger partial charge in [0.25, 0.3) is 5.56 Å². The van der Waals surface area contributed by atoms with E-state index in [9.17, 15) is 29.0 Å². The van der Waals surface area contributed by atoms with Crippen molar-refractivity contribution >= 4 is 7.82 Å². The Morgan fingerprint density at radius 3 is 1.80 bits per heavy atom. The van der Waals surface area contributed by atoms with Gasteiger partial charge in [-0.1, -0.05) is 91.0 Å². The van der Waals surface area contributed by atoms with E-state index in [1.165, 1.54) is 0 Å². The van der Waals surface area contributed by atoms with Crippen molar-refractivity contribution < 1.29 is 33.5 Å². The van der Waals surface area contributed by atoms with Crippen LogP contribution in [-0.2, 0) is 24.2 Å². The summed E-state index contributed by atoms with van der Waals surface area (Å²) in [5.74, 6) is 0. The van der Waals surface area contributed by atoms with Crippen molar-refractivity contribution in [3.8, 4) is 0 Å². The van der Waals surface area contributed by atoms with E-state index in [0.29, 0.717) is 0 Å². The molecule has 1 saturated heterocycles. The third-order valence-electron chi connectivity index (χ3n) is 6.70. The summed E-state index contributed by atoms with van der Waals surface area (Å²) in [4.78, 5) is 45.2. The number of rotatable bonds is 9. The summed E-state index contributed by atoms with van der Waals surface area (Å²) in [6.07, 6.45) is -4.81. The molecule has 4 N–H and O–H groups in total. The van der Waals surface area contributed by atoms with Crippen LogP contribution in [0, 0.1) is 0 Å². The molecule has 4 atom stereocenters. The van der Waals surface area contributed by atoms with Gasteiger partial charge in [-0.2, -0.15) is 0 Å². The van der Waals surface area contributed by atoms with Crippen LogP contribution in [0.15, 0.2) is 113 Å². The van der Waals surface area contributed by atoms with Gasteiger partial charge >= 0.3 is 13.5 Å². The average Bonchev–Trinajstić information content (AvgIpc) is 3.24. The molecular formula is C28H27N2O9P. The normalized spacial score (nSPS) is 21.4. The Hall–Kier alpha value is -3.67. The summed E-state index contributed by atoms with van der Waals surface area (Å²) in [5, 5.41) is 11.0. The Morgan fingerprint density at radius 1 is 0.850 bits per heavy atom. The van der Waals surface area contributed by atoms with Gasteiger partial charge in [-0.15, -0.1) is 0 Å². The first-order valence-corrected chi connectivity index (χ1v) is 13.9.